The van der Waals surface area contributed by atoms with Gasteiger partial charge in [-0.3, -0.25) is 0 Å². The molecular formula is C16H20FeO2+2. The zero-order valence-electron chi connectivity index (χ0n) is 11.2. The Morgan fingerprint density at radius 3 is 1.53 bits per heavy atom. The van der Waals surface area contributed by atoms with Gasteiger partial charge < -0.3 is 10.2 Å². The fourth-order valence-electron chi connectivity index (χ4n) is 1.59. The van der Waals surface area contributed by atoms with E-state index in [0.29, 0.717) is 5.57 Å². The van der Waals surface area contributed by atoms with E-state index in [-0.39, 0.29) is 17.1 Å². The molecule has 0 aromatic heterocycles. The van der Waals surface area contributed by atoms with Gasteiger partial charge in [-0.1, -0.05) is 6.08 Å². The molecule has 0 heterocycles. The van der Waals surface area contributed by atoms with Crippen LogP contribution in [0.2, 0.25) is 0 Å². The molecule has 0 spiro atoms. The Kier molecular flexibility index (Phi) is 11.0. The summed E-state index contributed by atoms with van der Waals surface area (Å²) in [6.45, 7) is 3.31. The topological polar surface area (TPSA) is 40.5 Å². The van der Waals surface area contributed by atoms with E-state index in [4.69, 9.17) is 0 Å². The summed E-state index contributed by atoms with van der Waals surface area (Å²) in [4.78, 5) is 0. The second-order valence-electron chi connectivity index (χ2n) is 4.18. The summed E-state index contributed by atoms with van der Waals surface area (Å²) < 4.78 is 0. The minimum atomic E-state index is -0.602. The van der Waals surface area contributed by atoms with E-state index in [1.807, 2.05) is 63.9 Å². The smallest absolute Gasteiger partial charge is 0.389 e. The Bertz CT molecular complexity index is 222. The van der Waals surface area contributed by atoms with Crippen LogP contribution in [0, 0.1) is 63.7 Å². The normalized spacial score (nSPS) is 21.9. The fraction of sp³-hybridized carbons (Fsp3) is 0.250. The third-order valence-corrected chi connectivity index (χ3v) is 2.54. The summed E-state index contributed by atoms with van der Waals surface area (Å²) in [6.07, 6.45) is 18.3. The number of aliphatic hydroxyl groups is 2. The van der Waals surface area contributed by atoms with E-state index in [9.17, 15) is 10.2 Å². The molecule has 0 saturated heterocycles. The molecule has 2 nitrogen and oxygen atoms in total. The summed E-state index contributed by atoms with van der Waals surface area (Å²) in [5.74, 6) is 1.01. The Balaban J connectivity index is 0.000000454. The van der Waals surface area contributed by atoms with Gasteiger partial charge in [0.1, 0.15) is 0 Å². The number of aliphatic hydroxyl groups excluding tert-OH is 2. The van der Waals surface area contributed by atoms with E-state index in [0.717, 1.165) is 5.92 Å². The zero-order chi connectivity index (χ0) is 13.4. The Hall–Kier alpha value is 0.179. The first kappa shape index (κ1) is 19.2. The van der Waals surface area contributed by atoms with Gasteiger partial charge >= 0.3 is 17.1 Å². The fourth-order valence-corrected chi connectivity index (χ4v) is 1.59. The van der Waals surface area contributed by atoms with Crippen molar-refractivity contribution in [1.82, 2.24) is 0 Å². The maximum absolute atomic E-state index is 9.35. The van der Waals surface area contributed by atoms with Gasteiger partial charge in [0.15, 0.2) is 0 Å². The SMILES string of the molecule is CC(O)C(=C[C]1[CH][CH][CH][CH]1)C(C)O.[CH]1[CH][CH][CH][CH]1.[Fe+2]. The molecule has 0 aromatic rings. The molecular weight excluding hydrogens is 280 g/mol. The van der Waals surface area contributed by atoms with Gasteiger partial charge in [0.2, 0.25) is 0 Å². The molecule has 2 atom stereocenters. The van der Waals surface area contributed by atoms with Gasteiger partial charge in [-0.25, -0.2) is 0 Å². The zero-order valence-corrected chi connectivity index (χ0v) is 12.3. The Morgan fingerprint density at radius 2 is 1.21 bits per heavy atom. The van der Waals surface area contributed by atoms with Crippen LogP contribution in [0.4, 0.5) is 0 Å². The van der Waals surface area contributed by atoms with Crippen LogP contribution in [-0.2, 0) is 17.1 Å². The summed E-state index contributed by atoms with van der Waals surface area (Å²) in [5, 5.41) is 18.7. The van der Waals surface area contributed by atoms with E-state index in [1.54, 1.807) is 13.8 Å². The van der Waals surface area contributed by atoms with E-state index >= 15 is 0 Å². The monoisotopic (exact) mass is 300 g/mol. The van der Waals surface area contributed by atoms with Crippen LogP contribution in [0.5, 0.6) is 0 Å². The van der Waals surface area contributed by atoms with Gasteiger partial charge in [-0.15, -0.1) is 0 Å². The summed E-state index contributed by atoms with van der Waals surface area (Å²) in [5.41, 5.74) is 0.645. The maximum atomic E-state index is 9.35. The van der Waals surface area contributed by atoms with Crippen LogP contribution in [0.3, 0.4) is 0 Å². The molecule has 102 valence electrons. The average molecular weight is 300 g/mol. The molecule has 10 radical (unpaired) electrons. The van der Waals surface area contributed by atoms with Crippen molar-refractivity contribution >= 4 is 0 Å². The quantitative estimate of drug-likeness (QED) is 0.784. The second-order valence-corrected chi connectivity index (χ2v) is 4.18. The Labute approximate surface area is 129 Å². The molecule has 0 bridgehead atoms. The molecule has 2 unspecified atom stereocenters. The third-order valence-electron chi connectivity index (χ3n) is 2.54. The predicted molar refractivity (Wildman–Crippen MR) is 73.4 cm³/mol. The van der Waals surface area contributed by atoms with E-state index < -0.39 is 12.2 Å². The van der Waals surface area contributed by atoms with Crippen LogP contribution in [0.1, 0.15) is 13.8 Å². The molecule has 2 aliphatic rings. The van der Waals surface area contributed by atoms with Crippen LogP contribution in [0.15, 0.2) is 11.6 Å². The summed E-state index contributed by atoms with van der Waals surface area (Å²) in [7, 11) is 0. The van der Waals surface area contributed by atoms with Crippen molar-refractivity contribution in [3.63, 3.8) is 0 Å². The van der Waals surface area contributed by atoms with Gasteiger partial charge in [0.05, 0.1) is 12.2 Å². The largest absolute Gasteiger partial charge is 2.00 e. The molecule has 0 aliphatic heterocycles. The van der Waals surface area contributed by atoms with Crippen molar-refractivity contribution in [3.8, 4) is 0 Å². The van der Waals surface area contributed by atoms with Crippen molar-refractivity contribution < 1.29 is 27.3 Å². The van der Waals surface area contributed by atoms with Crippen molar-refractivity contribution in [1.29, 1.82) is 0 Å². The first-order chi connectivity index (χ1) is 8.61. The van der Waals surface area contributed by atoms with Crippen LogP contribution >= 0.6 is 0 Å². The number of allylic oxidation sites excluding steroid dienone is 1. The molecule has 2 fully saturated rings. The molecule has 3 heteroatoms. The molecule has 0 amide bonds. The number of hydrogen-bond acceptors (Lipinski definition) is 2. The first-order valence-corrected chi connectivity index (χ1v) is 6.07. The minimum absolute atomic E-state index is 0. The van der Waals surface area contributed by atoms with Crippen LogP contribution in [-0.4, -0.2) is 22.4 Å². The van der Waals surface area contributed by atoms with Crippen molar-refractivity contribution in [3.05, 3.63) is 75.4 Å². The van der Waals surface area contributed by atoms with Gasteiger partial charge in [0, 0.05) is 5.92 Å². The molecule has 2 N–H and O–H groups in total. The first-order valence-electron chi connectivity index (χ1n) is 6.07. The molecule has 2 rings (SSSR count). The molecule has 19 heavy (non-hydrogen) atoms. The van der Waals surface area contributed by atoms with Gasteiger partial charge in [-0.05, 0) is 77.2 Å². The third kappa shape index (κ3) is 8.14. The molecule has 2 aliphatic carbocycles. The van der Waals surface area contributed by atoms with Crippen molar-refractivity contribution in [2.24, 2.45) is 0 Å². The predicted octanol–water partition coefficient (Wildman–Crippen LogP) is 2.10. The van der Waals surface area contributed by atoms with Crippen LogP contribution in [0.25, 0.3) is 0 Å². The standard InChI is InChI=1S/C11H15O2.C5H5.Fe/c1-8(12)11(9(2)13)7-10-5-3-4-6-10;1-2-4-5-3-1;/h3-9,12-13H,1-2H3;1-5H;/q;;+2. The van der Waals surface area contributed by atoms with Gasteiger partial charge in [-0.2, -0.15) is 0 Å². The van der Waals surface area contributed by atoms with E-state index in [1.165, 1.54) is 0 Å². The molecule has 0 aromatic carbocycles. The summed E-state index contributed by atoms with van der Waals surface area (Å²) >= 11 is 0. The van der Waals surface area contributed by atoms with Crippen molar-refractivity contribution in [2.75, 3.05) is 0 Å². The average Bonchev–Trinajstić information content (AvgIpc) is 3.01. The molecule has 2 saturated carbocycles. The second kappa shape index (κ2) is 10.9. The minimum Gasteiger partial charge on any atom is -0.389 e. The van der Waals surface area contributed by atoms with Crippen LogP contribution < -0.4 is 0 Å². The maximum Gasteiger partial charge on any atom is 2.00 e. The van der Waals surface area contributed by atoms with E-state index in [2.05, 4.69) is 0 Å². The van der Waals surface area contributed by atoms with Gasteiger partial charge in [0.25, 0.3) is 0 Å². The van der Waals surface area contributed by atoms with Crippen molar-refractivity contribution in [2.45, 2.75) is 26.1 Å². The number of rotatable bonds is 3. The Morgan fingerprint density at radius 1 is 0.842 bits per heavy atom. The number of hydrogen-bond donors (Lipinski definition) is 2. The summed E-state index contributed by atoms with van der Waals surface area (Å²) in [6, 6.07) is 0.